The maximum Gasteiger partial charge on any atom is 0.337 e. The minimum Gasteiger partial charge on any atom is -0.478 e. The van der Waals surface area contributed by atoms with Crippen molar-refractivity contribution in [2.75, 3.05) is 19.7 Å². The summed E-state index contributed by atoms with van der Waals surface area (Å²) in [5.41, 5.74) is 1.90. The summed E-state index contributed by atoms with van der Waals surface area (Å²) in [5.74, 6) is -0.886. The Labute approximate surface area is 152 Å². The van der Waals surface area contributed by atoms with Gasteiger partial charge in [0.05, 0.1) is 24.5 Å². The third kappa shape index (κ3) is 4.26. The molecule has 0 spiro atoms. The molecule has 2 heterocycles. The van der Waals surface area contributed by atoms with Gasteiger partial charge in [-0.15, -0.1) is 0 Å². The average Bonchev–Trinajstić information content (AvgIpc) is 3.10. The standard InChI is InChI=1S/C20H22N2O4/c1-14-17(20(24)25)7-8-18(21-14)19(23)22-10-9-16(11-22)13-26-12-15-5-3-2-4-6-15/h2-8,16H,9-13H2,1H3,(H,24,25). The smallest absolute Gasteiger partial charge is 0.337 e. The molecule has 1 amide bonds. The molecule has 136 valence electrons. The van der Waals surface area contributed by atoms with E-state index in [1.165, 1.54) is 12.1 Å². The Kier molecular flexibility index (Phi) is 5.63. The third-order valence-electron chi connectivity index (χ3n) is 4.57. The van der Waals surface area contributed by atoms with E-state index in [-0.39, 0.29) is 11.5 Å². The molecule has 1 saturated heterocycles. The van der Waals surface area contributed by atoms with Crippen LogP contribution in [0.4, 0.5) is 0 Å². The van der Waals surface area contributed by atoms with Crippen LogP contribution in [-0.4, -0.2) is 46.6 Å². The number of benzene rings is 1. The molecule has 2 aromatic rings. The second-order valence-electron chi connectivity index (χ2n) is 6.54. The van der Waals surface area contributed by atoms with E-state index in [2.05, 4.69) is 4.98 Å². The lowest BCUT2D eigenvalue weighted by Gasteiger charge is -2.16. The predicted octanol–water partition coefficient (Wildman–Crippen LogP) is 2.77. The summed E-state index contributed by atoms with van der Waals surface area (Å²) in [5, 5.41) is 9.06. The topological polar surface area (TPSA) is 79.7 Å². The third-order valence-corrected chi connectivity index (χ3v) is 4.57. The first-order chi connectivity index (χ1) is 12.5. The molecular formula is C20H22N2O4. The SMILES string of the molecule is Cc1nc(C(=O)N2CCC(COCc3ccccc3)C2)ccc1C(=O)O. The van der Waals surface area contributed by atoms with E-state index >= 15 is 0 Å². The number of hydrogen-bond acceptors (Lipinski definition) is 4. The number of carbonyl (C=O) groups is 2. The van der Waals surface area contributed by atoms with E-state index in [1.807, 2.05) is 30.3 Å². The molecule has 1 aliphatic rings. The fourth-order valence-corrected chi connectivity index (χ4v) is 3.14. The first-order valence-electron chi connectivity index (χ1n) is 8.66. The van der Waals surface area contributed by atoms with Crippen molar-refractivity contribution < 1.29 is 19.4 Å². The van der Waals surface area contributed by atoms with Crippen molar-refractivity contribution in [1.82, 2.24) is 9.88 Å². The lowest BCUT2D eigenvalue weighted by atomic mass is 10.1. The van der Waals surface area contributed by atoms with E-state index in [9.17, 15) is 9.59 Å². The minimum atomic E-state index is -1.04. The first-order valence-corrected chi connectivity index (χ1v) is 8.66. The summed E-state index contributed by atoms with van der Waals surface area (Å²) < 4.78 is 5.78. The van der Waals surface area contributed by atoms with Crippen molar-refractivity contribution in [2.45, 2.75) is 20.0 Å². The zero-order valence-corrected chi connectivity index (χ0v) is 14.7. The van der Waals surface area contributed by atoms with Crippen LogP contribution in [0.1, 0.15) is 38.5 Å². The van der Waals surface area contributed by atoms with E-state index in [0.29, 0.717) is 43.6 Å². The van der Waals surface area contributed by atoms with Crippen molar-refractivity contribution in [3.8, 4) is 0 Å². The van der Waals surface area contributed by atoms with Crippen LogP contribution in [0.15, 0.2) is 42.5 Å². The van der Waals surface area contributed by atoms with Gasteiger partial charge >= 0.3 is 5.97 Å². The van der Waals surface area contributed by atoms with Crippen LogP contribution in [-0.2, 0) is 11.3 Å². The highest BCUT2D eigenvalue weighted by Gasteiger charge is 2.28. The van der Waals surface area contributed by atoms with Crippen LogP contribution in [0.5, 0.6) is 0 Å². The number of carboxylic acid groups (broad SMARTS) is 1. The Hall–Kier alpha value is -2.73. The van der Waals surface area contributed by atoms with Gasteiger partial charge < -0.3 is 14.7 Å². The summed E-state index contributed by atoms with van der Waals surface area (Å²) in [6, 6.07) is 12.9. The zero-order valence-electron chi connectivity index (χ0n) is 14.7. The van der Waals surface area contributed by atoms with Gasteiger partial charge in [-0.1, -0.05) is 30.3 Å². The van der Waals surface area contributed by atoms with Crippen molar-refractivity contribution in [3.63, 3.8) is 0 Å². The number of pyridine rings is 1. The number of amides is 1. The van der Waals surface area contributed by atoms with Crippen molar-refractivity contribution >= 4 is 11.9 Å². The Bertz CT molecular complexity index is 792. The molecule has 1 fully saturated rings. The fraction of sp³-hybridized carbons (Fsp3) is 0.350. The number of nitrogens with zero attached hydrogens (tertiary/aromatic N) is 2. The first kappa shape index (κ1) is 18.1. The monoisotopic (exact) mass is 354 g/mol. The summed E-state index contributed by atoms with van der Waals surface area (Å²) >= 11 is 0. The van der Waals surface area contributed by atoms with Crippen molar-refractivity contribution in [2.24, 2.45) is 5.92 Å². The van der Waals surface area contributed by atoms with E-state index in [4.69, 9.17) is 9.84 Å². The molecule has 3 rings (SSSR count). The molecule has 1 atom stereocenters. The highest BCUT2D eigenvalue weighted by atomic mass is 16.5. The number of ether oxygens (including phenoxy) is 1. The Morgan fingerprint density at radius 1 is 1.23 bits per heavy atom. The molecular weight excluding hydrogens is 332 g/mol. The number of rotatable bonds is 6. The normalized spacial score (nSPS) is 16.7. The Morgan fingerprint density at radius 2 is 2.00 bits per heavy atom. The molecule has 1 aliphatic heterocycles. The lowest BCUT2D eigenvalue weighted by molar-refractivity contribution is 0.0690. The maximum atomic E-state index is 12.6. The molecule has 26 heavy (non-hydrogen) atoms. The van der Waals surface area contributed by atoms with Crippen LogP contribution in [0.3, 0.4) is 0 Å². The van der Waals surface area contributed by atoms with Gasteiger partial charge in [0.2, 0.25) is 0 Å². The van der Waals surface area contributed by atoms with Crippen LogP contribution in [0, 0.1) is 12.8 Å². The summed E-state index contributed by atoms with van der Waals surface area (Å²) in [7, 11) is 0. The van der Waals surface area contributed by atoms with Gasteiger partial charge in [0.1, 0.15) is 5.69 Å². The van der Waals surface area contributed by atoms with E-state index in [1.54, 1.807) is 11.8 Å². The molecule has 1 N–H and O–H groups in total. The lowest BCUT2D eigenvalue weighted by Crippen LogP contribution is -2.30. The highest BCUT2D eigenvalue weighted by Crippen LogP contribution is 2.20. The molecule has 0 saturated carbocycles. The van der Waals surface area contributed by atoms with Crippen LogP contribution in [0.25, 0.3) is 0 Å². The Morgan fingerprint density at radius 3 is 2.69 bits per heavy atom. The molecule has 0 bridgehead atoms. The number of carboxylic acids is 1. The van der Waals surface area contributed by atoms with Gasteiger partial charge in [0.25, 0.3) is 5.91 Å². The molecule has 6 heteroatoms. The number of likely N-dealkylation sites (tertiary alicyclic amines) is 1. The number of carbonyl (C=O) groups excluding carboxylic acids is 1. The quantitative estimate of drug-likeness (QED) is 0.863. The largest absolute Gasteiger partial charge is 0.478 e. The van der Waals surface area contributed by atoms with E-state index < -0.39 is 5.97 Å². The summed E-state index contributed by atoms with van der Waals surface area (Å²) in [4.78, 5) is 29.6. The molecule has 0 radical (unpaired) electrons. The van der Waals surface area contributed by atoms with Crippen molar-refractivity contribution in [1.29, 1.82) is 0 Å². The summed E-state index contributed by atoms with van der Waals surface area (Å²) in [6.07, 6.45) is 0.896. The van der Waals surface area contributed by atoms with Crippen LogP contribution in [0.2, 0.25) is 0 Å². The molecule has 6 nitrogen and oxygen atoms in total. The second-order valence-corrected chi connectivity index (χ2v) is 6.54. The molecule has 1 aromatic carbocycles. The highest BCUT2D eigenvalue weighted by molar-refractivity contribution is 5.94. The average molecular weight is 354 g/mol. The molecule has 0 aliphatic carbocycles. The van der Waals surface area contributed by atoms with Gasteiger partial charge in [0.15, 0.2) is 0 Å². The summed E-state index contributed by atoms with van der Waals surface area (Å²) in [6.45, 7) is 4.09. The number of aromatic nitrogens is 1. The van der Waals surface area contributed by atoms with Crippen molar-refractivity contribution in [3.05, 3.63) is 65.0 Å². The van der Waals surface area contributed by atoms with Gasteiger partial charge in [-0.05, 0) is 31.0 Å². The fourth-order valence-electron chi connectivity index (χ4n) is 3.14. The number of hydrogen-bond donors (Lipinski definition) is 1. The van der Waals surface area contributed by atoms with Gasteiger partial charge in [-0.25, -0.2) is 9.78 Å². The van der Waals surface area contributed by atoms with E-state index in [0.717, 1.165) is 12.0 Å². The molecule has 1 aromatic heterocycles. The van der Waals surface area contributed by atoms with Gasteiger partial charge in [0, 0.05) is 19.0 Å². The number of aryl methyl sites for hydroxylation is 1. The predicted molar refractivity (Wildman–Crippen MR) is 96.0 cm³/mol. The maximum absolute atomic E-state index is 12.6. The van der Waals surface area contributed by atoms with Crippen LogP contribution >= 0.6 is 0 Å². The number of aromatic carboxylic acids is 1. The zero-order chi connectivity index (χ0) is 18.5. The second kappa shape index (κ2) is 8.10. The Balaban J connectivity index is 1.52. The molecule has 1 unspecified atom stereocenters. The van der Waals surface area contributed by atoms with Gasteiger partial charge in [-0.3, -0.25) is 4.79 Å². The van der Waals surface area contributed by atoms with Gasteiger partial charge in [-0.2, -0.15) is 0 Å². The minimum absolute atomic E-state index is 0.121. The van der Waals surface area contributed by atoms with Crippen LogP contribution < -0.4 is 0 Å².